The van der Waals surface area contributed by atoms with E-state index in [2.05, 4.69) is 6.92 Å². The van der Waals surface area contributed by atoms with Crippen molar-refractivity contribution in [2.45, 2.75) is 58.7 Å². The highest BCUT2D eigenvalue weighted by atomic mass is 16.5. The van der Waals surface area contributed by atoms with Crippen molar-refractivity contribution in [3.8, 4) is 0 Å². The van der Waals surface area contributed by atoms with E-state index in [-0.39, 0.29) is 23.8 Å². The summed E-state index contributed by atoms with van der Waals surface area (Å²) in [6, 6.07) is 7.48. The van der Waals surface area contributed by atoms with Crippen LogP contribution >= 0.6 is 0 Å². The first-order chi connectivity index (χ1) is 11.5. The van der Waals surface area contributed by atoms with E-state index in [9.17, 15) is 9.59 Å². The van der Waals surface area contributed by atoms with Crippen molar-refractivity contribution < 1.29 is 14.3 Å². The molecule has 0 saturated heterocycles. The van der Waals surface area contributed by atoms with Gasteiger partial charge in [-0.3, -0.25) is 9.59 Å². The largest absolute Gasteiger partial charge is 0.462 e. The fourth-order valence-electron chi connectivity index (χ4n) is 3.38. The van der Waals surface area contributed by atoms with E-state index in [1.807, 2.05) is 53.4 Å². The lowest BCUT2D eigenvalue weighted by Gasteiger charge is -2.12. The Labute approximate surface area is 142 Å². The van der Waals surface area contributed by atoms with Gasteiger partial charge in [0.15, 0.2) is 0 Å². The van der Waals surface area contributed by atoms with Crippen molar-refractivity contribution in [1.29, 1.82) is 0 Å². The van der Waals surface area contributed by atoms with Crippen LogP contribution in [0.3, 0.4) is 0 Å². The summed E-state index contributed by atoms with van der Waals surface area (Å²) in [5, 5.41) is 0. The number of ether oxygens (including phenoxy) is 1. The number of hydrogen-bond acceptors (Lipinski definition) is 3. The maximum atomic E-state index is 12.9. The summed E-state index contributed by atoms with van der Waals surface area (Å²) >= 11 is 0. The Morgan fingerprint density at radius 1 is 1.25 bits per heavy atom. The van der Waals surface area contributed by atoms with Crippen molar-refractivity contribution in [2.75, 3.05) is 0 Å². The molecule has 1 atom stereocenters. The molecule has 0 aliphatic carbocycles. The molecule has 3 rings (SSSR count). The van der Waals surface area contributed by atoms with Crippen molar-refractivity contribution in [3.05, 3.63) is 47.5 Å². The van der Waals surface area contributed by atoms with E-state index in [1.165, 1.54) is 0 Å². The first-order valence-corrected chi connectivity index (χ1v) is 8.62. The molecular weight excluding hydrogens is 304 g/mol. The molecule has 2 aromatic heterocycles. The third kappa shape index (κ3) is 2.90. The highest BCUT2D eigenvalue weighted by Gasteiger charge is 2.33. The zero-order valence-electron chi connectivity index (χ0n) is 14.5. The number of aromatic nitrogens is 2. The third-order valence-corrected chi connectivity index (χ3v) is 4.41. The SMILES string of the molecule is CCCn1cccc1C(=O)c1ccc2n1CCC2C(=O)OC(C)C. The molecule has 0 bridgehead atoms. The molecule has 1 aliphatic rings. The average Bonchev–Trinajstić information content (AvgIpc) is 3.21. The zero-order valence-corrected chi connectivity index (χ0v) is 14.5. The first-order valence-electron chi connectivity index (χ1n) is 8.62. The molecule has 128 valence electrons. The quantitative estimate of drug-likeness (QED) is 0.603. The number of aryl methyl sites for hydroxylation is 1. The average molecular weight is 328 g/mol. The molecule has 1 aliphatic heterocycles. The lowest BCUT2D eigenvalue weighted by molar-refractivity contribution is -0.149. The smallest absolute Gasteiger partial charge is 0.315 e. The van der Waals surface area contributed by atoms with Gasteiger partial charge in [-0.15, -0.1) is 0 Å². The molecule has 0 N–H and O–H groups in total. The molecule has 5 heteroatoms. The van der Waals surface area contributed by atoms with Crippen LogP contribution < -0.4 is 0 Å². The van der Waals surface area contributed by atoms with Crippen LogP contribution in [0.15, 0.2) is 30.5 Å². The minimum Gasteiger partial charge on any atom is -0.462 e. The molecule has 0 saturated carbocycles. The second-order valence-corrected chi connectivity index (χ2v) is 6.54. The standard InChI is InChI=1S/C19H24N2O3/c1-4-10-20-11-5-6-16(20)18(22)17-8-7-15-14(9-12-21(15)17)19(23)24-13(2)3/h5-8,11,13-14H,4,9-10,12H2,1-3H3. The van der Waals surface area contributed by atoms with Crippen LogP contribution in [0.25, 0.3) is 0 Å². The Morgan fingerprint density at radius 3 is 2.75 bits per heavy atom. The normalized spacial score (nSPS) is 16.4. The van der Waals surface area contributed by atoms with E-state index in [4.69, 9.17) is 4.74 Å². The fourth-order valence-corrected chi connectivity index (χ4v) is 3.38. The predicted molar refractivity (Wildman–Crippen MR) is 91.2 cm³/mol. The van der Waals surface area contributed by atoms with Crippen molar-refractivity contribution in [3.63, 3.8) is 0 Å². The number of ketones is 1. The number of rotatable bonds is 6. The van der Waals surface area contributed by atoms with Crippen LogP contribution in [-0.4, -0.2) is 27.0 Å². The molecule has 5 nitrogen and oxygen atoms in total. The number of esters is 1. The number of fused-ring (bicyclic) bond motifs is 1. The van der Waals surface area contributed by atoms with Gasteiger partial charge in [-0.1, -0.05) is 6.92 Å². The summed E-state index contributed by atoms with van der Waals surface area (Å²) in [4.78, 5) is 25.2. The number of nitrogens with zero attached hydrogens (tertiary/aromatic N) is 2. The molecule has 0 fully saturated rings. The molecule has 0 aromatic carbocycles. The van der Waals surface area contributed by atoms with E-state index in [0.29, 0.717) is 24.4 Å². The highest BCUT2D eigenvalue weighted by Crippen LogP contribution is 2.32. The molecule has 24 heavy (non-hydrogen) atoms. The summed E-state index contributed by atoms with van der Waals surface area (Å²) < 4.78 is 9.30. The third-order valence-electron chi connectivity index (χ3n) is 4.41. The van der Waals surface area contributed by atoms with E-state index in [0.717, 1.165) is 18.7 Å². The topological polar surface area (TPSA) is 53.2 Å². The molecule has 0 radical (unpaired) electrons. The van der Waals surface area contributed by atoms with E-state index >= 15 is 0 Å². The van der Waals surface area contributed by atoms with Gasteiger partial charge in [0.25, 0.3) is 0 Å². The summed E-state index contributed by atoms with van der Waals surface area (Å²) in [7, 11) is 0. The van der Waals surface area contributed by atoms with Gasteiger partial charge in [0, 0.05) is 25.0 Å². The highest BCUT2D eigenvalue weighted by molar-refractivity contribution is 6.07. The monoisotopic (exact) mass is 328 g/mol. The molecule has 2 aromatic rings. The lowest BCUT2D eigenvalue weighted by atomic mass is 10.1. The summed E-state index contributed by atoms with van der Waals surface area (Å²) in [6.07, 6.45) is 3.48. The zero-order chi connectivity index (χ0) is 17.3. The number of hydrogen-bond donors (Lipinski definition) is 0. The Kier molecular flexibility index (Phi) is 4.60. The molecule has 0 spiro atoms. The summed E-state index contributed by atoms with van der Waals surface area (Å²) in [5.41, 5.74) is 2.24. The molecule has 3 heterocycles. The number of carbonyl (C=O) groups is 2. The Hall–Kier alpha value is -2.30. The van der Waals surface area contributed by atoms with Crippen molar-refractivity contribution >= 4 is 11.8 Å². The summed E-state index contributed by atoms with van der Waals surface area (Å²) in [5.74, 6) is -0.454. The lowest BCUT2D eigenvalue weighted by Crippen LogP contribution is -2.18. The predicted octanol–water partition coefficient (Wildman–Crippen LogP) is 3.37. The van der Waals surface area contributed by atoms with Crippen LogP contribution in [-0.2, 0) is 22.6 Å². The minimum absolute atomic E-state index is 0.0116. The minimum atomic E-state index is -0.267. The van der Waals surface area contributed by atoms with Crippen LogP contribution in [0, 0.1) is 0 Å². The maximum Gasteiger partial charge on any atom is 0.315 e. The second-order valence-electron chi connectivity index (χ2n) is 6.54. The van der Waals surface area contributed by atoms with Crippen LogP contribution in [0.5, 0.6) is 0 Å². The van der Waals surface area contributed by atoms with Gasteiger partial charge in [-0.25, -0.2) is 0 Å². The second kappa shape index (κ2) is 6.67. The Morgan fingerprint density at radius 2 is 2.04 bits per heavy atom. The van der Waals surface area contributed by atoms with Crippen molar-refractivity contribution in [2.24, 2.45) is 0 Å². The number of carbonyl (C=O) groups excluding carboxylic acids is 2. The summed E-state index contributed by atoms with van der Waals surface area (Å²) in [6.45, 7) is 7.29. The molecule has 1 unspecified atom stereocenters. The van der Waals surface area contributed by atoms with E-state index < -0.39 is 0 Å². The van der Waals surface area contributed by atoms with Gasteiger partial charge < -0.3 is 13.9 Å². The van der Waals surface area contributed by atoms with Crippen LogP contribution in [0.1, 0.15) is 61.4 Å². The molecule has 0 amide bonds. The maximum absolute atomic E-state index is 12.9. The van der Waals surface area contributed by atoms with Gasteiger partial charge in [0.2, 0.25) is 5.78 Å². The van der Waals surface area contributed by atoms with Gasteiger partial charge in [-0.2, -0.15) is 0 Å². The van der Waals surface area contributed by atoms with Gasteiger partial charge in [-0.05, 0) is 51.0 Å². The van der Waals surface area contributed by atoms with E-state index in [1.54, 1.807) is 0 Å². The first kappa shape index (κ1) is 16.6. The van der Waals surface area contributed by atoms with Gasteiger partial charge in [0.05, 0.1) is 23.4 Å². The van der Waals surface area contributed by atoms with Crippen LogP contribution in [0.4, 0.5) is 0 Å². The fraction of sp³-hybridized carbons (Fsp3) is 0.474. The molecular formula is C19H24N2O3. The Bertz CT molecular complexity index is 755. The van der Waals surface area contributed by atoms with Gasteiger partial charge in [0.1, 0.15) is 0 Å². The Balaban J connectivity index is 1.86. The van der Waals surface area contributed by atoms with Gasteiger partial charge >= 0.3 is 5.97 Å². The van der Waals surface area contributed by atoms with Crippen LogP contribution in [0.2, 0.25) is 0 Å². The van der Waals surface area contributed by atoms with Crippen molar-refractivity contribution in [1.82, 2.24) is 9.13 Å².